The lowest BCUT2D eigenvalue weighted by atomic mass is 9.98. The number of hydrogen-bond donors (Lipinski definition) is 1. The number of nitrogens with one attached hydrogen (secondary N) is 1. The van der Waals surface area contributed by atoms with Crippen molar-refractivity contribution in [2.75, 3.05) is 19.6 Å². The second-order valence-corrected chi connectivity index (χ2v) is 8.76. The minimum absolute atomic E-state index is 0.00718. The van der Waals surface area contributed by atoms with Crippen molar-refractivity contribution in [3.8, 4) is 0 Å². The first-order valence-corrected chi connectivity index (χ1v) is 9.27. The summed E-state index contributed by atoms with van der Waals surface area (Å²) in [6.07, 6.45) is 2.47. The molecule has 1 aromatic rings. The van der Waals surface area contributed by atoms with Crippen LogP contribution in [0.2, 0.25) is 0 Å². The first-order valence-electron chi connectivity index (χ1n) is 8.46. The van der Waals surface area contributed by atoms with Gasteiger partial charge in [0.1, 0.15) is 10.0 Å². The van der Waals surface area contributed by atoms with Gasteiger partial charge in [-0.15, -0.1) is 10.2 Å². The van der Waals surface area contributed by atoms with Gasteiger partial charge in [0.15, 0.2) is 0 Å². The number of aromatic nitrogens is 2. The molecule has 2 aliphatic heterocycles. The van der Waals surface area contributed by atoms with E-state index in [0.29, 0.717) is 12.6 Å². The zero-order chi connectivity index (χ0) is 16.6. The van der Waals surface area contributed by atoms with E-state index in [9.17, 15) is 4.79 Å². The van der Waals surface area contributed by atoms with E-state index in [2.05, 4.69) is 48.1 Å². The van der Waals surface area contributed by atoms with Crippen molar-refractivity contribution in [1.29, 1.82) is 0 Å². The fourth-order valence-electron chi connectivity index (χ4n) is 3.35. The third-order valence-corrected chi connectivity index (χ3v) is 6.05. The molecule has 2 saturated heterocycles. The maximum absolute atomic E-state index is 12.5. The number of hydrogen-bond acceptors (Lipinski definition) is 5. The highest BCUT2D eigenvalue weighted by Crippen LogP contribution is 2.26. The first-order chi connectivity index (χ1) is 10.8. The van der Waals surface area contributed by atoms with E-state index in [0.717, 1.165) is 23.1 Å². The summed E-state index contributed by atoms with van der Waals surface area (Å²) in [5.74, 6) is 0. The Bertz CT molecular complexity index is 567. The van der Waals surface area contributed by atoms with Crippen LogP contribution in [-0.4, -0.2) is 57.7 Å². The van der Waals surface area contributed by atoms with E-state index in [1.807, 2.05) is 4.90 Å². The van der Waals surface area contributed by atoms with Gasteiger partial charge in [-0.2, -0.15) is 0 Å². The van der Waals surface area contributed by atoms with Crippen LogP contribution in [0.5, 0.6) is 0 Å². The molecule has 2 atom stereocenters. The summed E-state index contributed by atoms with van der Waals surface area (Å²) >= 11 is 1.58. The van der Waals surface area contributed by atoms with Gasteiger partial charge in [-0.1, -0.05) is 32.1 Å². The Morgan fingerprint density at radius 3 is 2.83 bits per heavy atom. The number of rotatable bonds is 2. The van der Waals surface area contributed by atoms with Gasteiger partial charge >= 0.3 is 6.03 Å². The zero-order valence-electron chi connectivity index (χ0n) is 14.5. The molecule has 0 spiro atoms. The van der Waals surface area contributed by atoms with Gasteiger partial charge in [0.05, 0.1) is 6.54 Å². The van der Waals surface area contributed by atoms with Gasteiger partial charge in [-0.3, -0.25) is 4.90 Å². The zero-order valence-corrected chi connectivity index (χ0v) is 15.3. The van der Waals surface area contributed by atoms with Crippen LogP contribution in [-0.2, 0) is 12.0 Å². The lowest BCUT2D eigenvalue weighted by molar-refractivity contribution is 0.0802. The highest BCUT2D eigenvalue weighted by molar-refractivity contribution is 7.11. The molecule has 0 saturated carbocycles. The van der Waals surface area contributed by atoms with Crippen LogP contribution in [0.3, 0.4) is 0 Å². The van der Waals surface area contributed by atoms with Gasteiger partial charge in [-0.25, -0.2) is 4.79 Å². The molecule has 0 bridgehead atoms. The van der Waals surface area contributed by atoms with Crippen LogP contribution in [0.4, 0.5) is 4.79 Å². The number of amides is 2. The summed E-state index contributed by atoms with van der Waals surface area (Å²) in [5, 5.41) is 13.3. The maximum atomic E-state index is 12.5. The monoisotopic (exact) mass is 337 g/mol. The molecule has 1 aromatic heterocycles. The predicted molar refractivity (Wildman–Crippen MR) is 91.6 cm³/mol. The van der Waals surface area contributed by atoms with Gasteiger partial charge in [-0.05, 0) is 26.3 Å². The quantitative estimate of drug-likeness (QED) is 0.899. The molecule has 128 valence electrons. The SMILES string of the molecule is CC1CN2CCCC2CN1C(=O)NCc1nnc(C(C)(C)C)s1. The highest BCUT2D eigenvalue weighted by atomic mass is 32.1. The number of fused-ring (bicyclic) bond motifs is 1. The van der Waals surface area contributed by atoms with Crippen molar-refractivity contribution in [3.63, 3.8) is 0 Å². The fraction of sp³-hybridized carbons (Fsp3) is 0.812. The normalized spacial score (nSPS) is 25.5. The fourth-order valence-corrected chi connectivity index (χ4v) is 4.19. The molecular formula is C16H27N5OS. The third kappa shape index (κ3) is 3.66. The molecule has 7 heteroatoms. The topological polar surface area (TPSA) is 61.4 Å². The Kier molecular flexibility index (Phi) is 4.60. The van der Waals surface area contributed by atoms with Crippen LogP contribution in [0, 0.1) is 0 Å². The minimum Gasteiger partial charge on any atom is -0.331 e. The molecule has 0 aromatic carbocycles. The molecule has 3 rings (SSSR count). The average Bonchev–Trinajstić information content (AvgIpc) is 3.11. The van der Waals surface area contributed by atoms with Crippen LogP contribution in [0.1, 0.15) is 50.6 Å². The number of urea groups is 1. The Hall–Kier alpha value is -1.21. The van der Waals surface area contributed by atoms with Crippen LogP contribution < -0.4 is 5.32 Å². The molecule has 3 heterocycles. The van der Waals surface area contributed by atoms with Crippen molar-refractivity contribution in [2.45, 2.75) is 64.6 Å². The van der Waals surface area contributed by atoms with E-state index in [1.165, 1.54) is 19.4 Å². The molecular weight excluding hydrogens is 310 g/mol. The molecule has 23 heavy (non-hydrogen) atoms. The first kappa shape index (κ1) is 16.6. The molecule has 2 unspecified atom stereocenters. The van der Waals surface area contributed by atoms with Gasteiger partial charge in [0.25, 0.3) is 0 Å². The van der Waals surface area contributed by atoms with Crippen molar-refractivity contribution in [2.24, 2.45) is 0 Å². The van der Waals surface area contributed by atoms with Crippen molar-refractivity contribution in [3.05, 3.63) is 10.0 Å². The highest BCUT2D eigenvalue weighted by Gasteiger charge is 2.36. The summed E-state index contributed by atoms with van der Waals surface area (Å²) in [7, 11) is 0. The lowest BCUT2D eigenvalue weighted by Gasteiger charge is -2.42. The maximum Gasteiger partial charge on any atom is 0.318 e. The standard InChI is InChI=1S/C16H27N5OS/c1-11-9-20-7-5-6-12(20)10-21(11)15(22)17-8-13-18-19-14(23-13)16(2,3)4/h11-12H,5-10H2,1-4H3,(H,17,22). The van der Waals surface area contributed by atoms with Crippen molar-refractivity contribution in [1.82, 2.24) is 25.3 Å². The summed E-state index contributed by atoms with van der Waals surface area (Å²) in [4.78, 5) is 17.0. The summed E-state index contributed by atoms with van der Waals surface area (Å²) in [6, 6.07) is 0.839. The van der Waals surface area contributed by atoms with E-state index < -0.39 is 0 Å². The summed E-state index contributed by atoms with van der Waals surface area (Å²) in [6.45, 7) is 12.0. The second kappa shape index (κ2) is 6.36. The Morgan fingerprint density at radius 1 is 1.35 bits per heavy atom. The van der Waals surface area contributed by atoms with Gasteiger partial charge < -0.3 is 10.2 Å². The number of carbonyl (C=O) groups excluding carboxylic acids is 1. The molecule has 2 amide bonds. The van der Waals surface area contributed by atoms with E-state index in [1.54, 1.807) is 11.3 Å². The number of piperazine rings is 1. The molecule has 0 aliphatic carbocycles. The lowest BCUT2D eigenvalue weighted by Crippen LogP contribution is -2.58. The Morgan fingerprint density at radius 2 is 2.13 bits per heavy atom. The minimum atomic E-state index is 0.00718. The number of nitrogens with zero attached hydrogens (tertiary/aromatic N) is 4. The second-order valence-electron chi connectivity index (χ2n) is 7.70. The van der Waals surface area contributed by atoms with Crippen LogP contribution in [0.15, 0.2) is 0 Å². The third-order valence-electron chi connectivity index (χ3n) is 4.70. The smallest absolute Gasteiger partial charge is 0.318 e. The molecule has 6 nitrogen and oxygen atoms in total. The molecule has 0 radical (unpaired) electrons. The number of carbonyl (C=O) groups is 1. The van der Waals surface area contributed by atoms with Crippen molar-refractivity contribution >= 4 is 17.4 Å². The van der Waals surface area contributed by atoms with E-state index in [4.69, 9.17) is 0 Å². The van der Waals surface area contributed by atoms with E-state index >= 15 is 0 Å². The van der Waals surface area contributed by atoms with Gasteiger partial charge in [0.2, 0.25) is 0 Å². The van der Waals surface area contributed by atoms with Gasteiger partial charge in [0, 0.05) is 30.6 Å². The van der Waals surface area contributed by atoms with Crippen LogP contribution >= 0.6 is 11.3 Å². The molecule has 2 fully saturated rings. The molecule has 1 N–H and O–H groups in total. The van der Waals surface area contributed by atoms with Crippen LogP contribution in [0.25, 0.3) is 0 Å². The average molecular weight is 337 g/mol. The Balaban J connectivity index is 1.55. The molecule has 2 aliphatic rings. The predicted octanol–water partition coefficient (Wildman–Crippen LogP) is 2.21. The largest absolute Gasteiger partial charge is 0.331 e. The Labute approximate surface area is 142 Å². The van der Waals surface area contributed by atoms with Crippen molar-refractivity contribution < 1.29 is 4.79 Å². The summed E-state index contributed by atoms with van der Waals surface area (Å²) in [5.41, 5.74) is 0.00718. The van der Waals surface area contributed by atoms with E-state index in [-0.39, 0.29) is 17.5 Å². The summed E-state index contributed by atoms with van der Waals surface area (Å²) < 4.78 is 0.